The molecule has 1 heteroatoms. The number of benzene rings is 8. The minimum Gasteiger partial charge on any atom is -0.0932 e. The predicted octanol–water partition coefficient (Wildman–Crippen LogP) is 14.0. The Morgan fingerprint density at radius 3 is 1.76 bits per heavy atom. The fourth-order valence-corrected chi connectivity index (χ4v) is 10.0. The van der Waals surface area contributed by atoms with Gasteiger partial charge in [-0.1, -0.05) is 163 Å². The second-order valence-electron chi connectivity index (χ2n) is 13.4. The zero-order valence-electron chi connectivity index (χ0n) is 26.8. The molecule has 2 aliphatic carbocycles. The maximum atomic E-state index is 2.36. The normalized spacial score (nSPS) is 14.1. The van der Waals surface area contributed by atoms with E-state index in [-0.39, 0.29) is 0 Å². The van der Waals surface area contributed by atoms with Crippen molar-refractivity contribution in [3.63, 3.8) is 0 Å². The summed E-state index contributed by atoms with van der Waals surface area (Å²) < 4.78 is 0. The molecule has 11 rings (SSSR count). The van der Waals surface area contributed by atoms with Crippen LogP contribution in [-0.2, 0) is 0 Å². The molecule has 0 N–H and O–H groups in total. The summed E-state index contributed by atoms with van der Waals surface area (Å²) in [6.45, 7) is 0. The van der Waals surface area contributed by atoms with E-state index in [0.29, 0.717) is 0 Å². The molecule has 0 aromatic heterocycles. The molecule has 228 valence electrons. The summed E-state index contributed by atoms with van der Waals surface area (Å²) in [4.78, 5) is 2.89. The van der Waals surface area contributed by atoms with E-state index >= 15 is 0 Å². The molecule has 8 aromatic rings. The van der Waals surface area contributed by atoms with Crippen LogP contribution in [0.5, 0.6) is 0 Å². The molecule has 49 heavy (non-hydrogen) atoms. The Hall–Kier alpha value is -5.63. The van der Waals surface area contributed by atoms with Crippen LogP contribution in [0.1, 0.15) is 18.4 Å². The highest BCUT2D eigenvalue weighted by Gasteiger charge is 2.30. The van der Waals surface area contributed by atoms with Crippen LogP contribution in [0.15, 0.2) is 168 Å². The van der Waals surface area contributed by atoms with Gasteiger partial charge in [0.15, 0.2) is 0 Å². The third-order valence-electron chi connectivity index (χ3n) is 10.9. The molecule has 1 aliphatic heterocycles. The van der Waals surface area contributed by atoms with E-state index in [1.54, 1.807) is 0 Å². The summed E-state index contributed by atoms with van der Waals surface area (Å²) in [5, 5.41) is 7.97. The summed E-state index contributed by atoms with van der Waals surface area (Å²) in [5.74, 6) is 0. The molecule has 0 saturated carbocycles. The monoisotopic (exact) mass is 638 g/mol. The molecule has 1 heterocycles. The molecule has 0 fully saturated rings. The van der Waals surface area contributed by atoms with Crippen molar-refractivity contribution >= 4 is 49.7 Å². The van der Waals surface area contributed by atoms with Crippen molar-refractivity contribution in [2.45, 2.75) is 17.7 Å². The van der Waals surface area contributed by atoms with Crippen LogP contribution in [0.25, 0.3) is 93.5 Å². The number of allylic oxidation sites excluding steroid dienone is 4. The van der Waals surface area contributed by atoms with Gasteiger partial charge < -0.3 is 0 Å². The average molecular weight is 639 g/mol. The van der Waals surface area contributed by atoms with Crippen molar-refractivity contribution in [3.8, 4) is 55.6 Å². The lowest BCUT2D eigenvalue weighted by molar-refractivity contribution is 1.02. The van der Waals surface area contributed by atoms with Gasteiger partial charge in [0.05, 0.1) is 0 Å². The second-order valence-corrected chi connectivity index (χ2v) is 14.6. The number of rotatable bonds is 3. The van der Waals surface area contributed by atoms with Crippen LogP contribution in [0.3, 0.4) is 0 Å². The predicted molar refractivity (Wildman–Crippen MR) is 211 cm³/mol. The van der Waals surface area contributed by atoms with Gasteiger partial charge in [0, 0.05) is 10.3 Å². The van der Waals surface area contributed by atoms with Crippen molar-refractivity contribution in [2.24, 2.45) is 0 Å². The average Bonchev–Trinajstić information content (AvgIpc) is 3.50. The maximum absolute atomic E-state index is 2.36. The first kappa shape index (κ1) is 27.3. The highest BCUT2D eigenvalue weighted by atomic mass is 32.2. The van der Waals surface area contributed by atoms with Gasteiger partial charge in [-0.05, 0) is 118 Å². The number of thioether (sulfide) groups is 1. The van der Waals surface area contributed by atoms with Gasteiger partial charge in [0.25, 0.3) is 0 Å². The molecule has 0 radical (unpaired) electrons. The van der Waals surface area contributed by atoms with Crippen molar-refractivity contribution in [1.29, 1.82) is 0 Å². The lowest BCUT2D eigenvalue weighted by Crippen LogP contribution is -2.00. The van der Waals surface area contributed by atoms with Crippen molar-refractivity contribution in [1.82, 2.24) is 0 Å². The van der Waals surface area contributed by atoms with Gasteiger partial charge in [-0.2, -0.15) is 0 Å². The summed E-state index contributed by atoms with van der Waals surface area (Å²) >= 11 is 1.97. The van der Waals surface area contributed by atoms with E-state index in [1.807, 2.05) is 11.8 Å². The molecule has 0 amide bonds. The fraction of sp³-hybridized carbons (Fsp3) is 0.0417. The Kier molecular flexibility index (Phi) is 5.82. The summed E-state index contributed by atoms with van der Waals surface area (Å²) in [7, 11) is 0. The largest absolute Gasteiger partial charge is 0.0932 e. The summed E-state index contributed by atoms with van der Waals surface area (Å²) in [5.41, 5.74) is 15.8. The smallest absolute Gasteiger partial charge is 0.0204 e. The lowest BCUT2D eigenvalue weighted by Gasteiger charge is -2.25. The second kappa shape index (κ2) is 10.4. The first-order chi connectivity index (χ1) is 24.3. The SMILES string of the molecule is C1=CC2=C(CC1)Sc1ccc(-c3ccc(-c4c5c(c(-c6ccccc6)c6ccccc46)-c4cccc6cccc-5c46)cc3)c3cccc2c13. The van der Waals surface area contributed by atoms with Crippen LogP contribution in [0.4, 0.5) is 0 Å². The Morgan fingerprint density at radius 2 is 1.02 bits per heavy atom. The minimum absolute atomic E-state index is 1.14. The van der Waals surface area contributed by atoms with Gasteiger partial charge >= 0.3 is 0 Å². The van der Waals surface area contributed by atoms with Crippen LogP contribution in [0.2, 0.25) is 0 Å². The molecule has 0 nitrogen and oxygen atoms in total. The van der Waals surface area contributed by atoms with Crippen LogP contribution in [-0.4, -0.2) is 0 Å². The maximum Gasteiger partial charge on any atom is 0.0204 e. The van der Waals surface area contributed by atoms with E-state index in [2.05, 4.69) is 158 Å². The van der Waals surface area contributed by atoms with E-state index in [0.717, 1.165) is 12.8 Å². The molecular weight excluding hydrogens is 609 g/mol. The van der Waals surface area contributed by atoms with Crippen molar-refractivity contribution in [3.05, 3.63) is 168 Å². The van der Waals surface area contributed by atoms with Crippen LogP contribution >= 0.6 is 11.8 Å². The standard InChI is InChI=1S/C48H30S/c1-2-11-31(12-3-1)44-37-16-4-5-17-38(37)45(48-40-21-9-14-30-13-8-20-39(43(30)40)47(44)48)32-25-23-29(24-26-32)33-27-28-42-46-35(33)18-10-19-36(46)34-15-6-7-22-41(34)49-42/h1-6,8-21,23-28H,7,22H2. The van der Waals surface area contributed by atoms with Gasteiger partial charge in [-0.3, -0.25) is 0 Å². The van der Waals surface area contributed by atoms with E-state index in [4.69, 9.17) is 0 Å². The number of hydrogen-bond acceptors (Lipinski definition) is 1. The molecule has 0 bridgehead atoms. The highest BCUT2D eigenvalue weighted by molar-refractivity contribution is 8.03. The Labute approximate surface area is 290 Å². The molecule has 0 unspecified atom stereocenters. The highest BCUT2D eigenvalue weighted by Crippen LogP contribution is 2.58. The Bertz CT molecular complexity index is 2760. The molecule has 0 saturated heterocycles. The topological polar surface area (TPSA) is 0 Å². The Balaban J connectivity index is 1.15. The van der Waals surface area contributed by atoms with E-state index in [1.165, 1.54) is 109 Å². The van der Waals surface area contributed by atoms with Crippen LogP contribution < -0.4 is 0 Å². The lowest BCUT2D eigenvalue weighted by atomic mass is 9.82. The van der Waals surface area contributed by atoms with E-state index < -0.39 is 0 Å². The molecule has 3 aliphatic rings. The third kappa shape index (κ3) is 3.88. The van der Waals surface area contributed by atoms with Gasteiger partial charge in [0.1, 0.15) is 0 Å². The number of fused-ring (bicyclic) bond motifs is 5. The Morgan fingerprint density at radius 1 is 0.408 bits per heavy atom. The van der Waals surface area contributed by atoms with Crippen LogP contribution in [0, 0.1) is 0 Å². The molecular formula is C48H30S. The summed E-state index contributed by atoms with van der Waals surface area (Å²) in [6, 6.07) is 54.5. The molecule has 0 atom stereocenters. The van der Waals surface area contributed by atoms with Gasteiger partial charge in [0.2, 0.25) is 0 Å². The molecule has 0 spiro atoms. The summed E-state index contributed by atoms with van der Waals surface area (Å²) in [6.07, 6.45) is 6.95. The zero-order chi connectivity index (χ0) is 32.1. The van der Waals surface area contributed by atoms with Gasteiger partial charge in [-0.15, -0.1) is 0 Å². The van der Waals surface area contributed by atoms with Crippen molar-refractivity contribution in [2.75, 3.05) is 0 Å². The van der Waals surface area contributed by atoms with Crippen molar-refractivity contribution < 1.29 is 0 Å². The molecule has 8 aromatic carbocycles. The fourth-order valence-electron chi connectivity index (χ4n) is 8.81. The first-order valence-electron chi connectivity index (χ1n) is 17.2. The van der Waals surface area contributed by atoms with E-state index in [9.17, 15) is 0 Å². The quantitative estimate of drug-likeness (QED) is 0.186. The number of hydrogen-bond donors (Lipinski definition) is 0. The third-order valence-corrected chi connectivity index (χ3v) is 12.1. The zero-order valence-corrected chi connectivity index (χ0v) is 27.7. The van der Waals surface area contributed by atoms with Gasteiger partial charge in [-0.25, -0.2) is 0 Å². The first-order valence-corrected chi connectivity index (χ1v) is 18.1. The minimum atomic E-state index is 1.14.